The lowest BCUT2D eigenvalue weighted by atomic mass is 9.88. The minimum atomic E-state index is 0.0978. The fourth-order valence-corrected chi connectivity index (χ4v) is 1.34. The second kappa shape index (κ2) is 2.31. The van der Waals surface area contributed by atoms with Crippen molar-refractivity contribution in [3.8, 4) is 0 Å². The van der Waals surface area contributed by atoms with Gasteiger partial charge in [0, 0.05) is 5.41 Å². The van der Waals surface area contributed by atoms with E-state index >= 15 is 0 Å². The third-order valence-electron chi connectivity index (χ3n) is 1.41. The van der Waals surface area contributed by atoms with Crippen LogP contribution in [0.15, 0.2) is 5.10 Å². The van der Waals surface area contributed by atoms with Gasteiger partial charge in [0.2, 0.25) is 0 Å². The van der Waals surface area contributed by atoms with Gasteiger partial charge in [-0.05, 0) is 0 Å². The first-order valence-corrected chi connectivity index (χ1v) is 3.77. The summed E-state index contributed by atoms with van der Waals surface area (Å²) in [6.45, 7) is 7.09. The highest BCUT2D eigenvalue weighted by molar-refractivity contribution is 7.82. The lowest BCUT2D eigenvalue weighted by molar-refractivity contribution is 0.595. The van der Waals surface area contributed by atoms with E-state index < -0.39 is 0 Å². The van der Waals surface area contributed by atoms with Gasteiger partial charge in [-0.1, -0.05) is 33.0 Å². The topological polar surface area (TPSA) is 24.4 Å². The molecule has 0 saturated heterocycles. The minimum Gasteiger partial charge on any atom is -0.304 e. The first kappa shape index (κ1) is 7.66. The van der Waals surface area contributed by atoms with Crippen molar-refractivity contribution in [1.29, 1.82) is 0 Å². The number of rotatable bonds is 0. The van der Waals surface area contributed by atoms with Crippen LogP contribution in [-0.4, -0.2) is 17.1 Å². The highest BCUT2D eigenvalue weighted by atomic mass is 32.1. The van der Waals surface area contributed by atoms with Crippen LogP contribution in [0.1, 0.15) is 20.8 Å². The molecule has 1 N–H and O–H groups in total. The molecule has 1 rings (SSSR count). The van der Waals surface area contributed by atoms with E-state index in [-0.39, 0.29) is 5.41 Å². The summed E-state index contributed by atoms with van der Waals surface area (Å²) in [5.74, 6) is 0. The highest BCUT2D eigenvalue weighted by Gasteiger charge is 2.25. The van der Waals surface area contributed by atoms with E-state index in [0.29, 0.717) is 0 Å². The average Bonchev–Trinajstić information content (AvgIpc) is 2.11. The largest absolute Gasteiger partial charge is 0.304 e. The zero-order valence-electron chi connectivity index (χ0n) is 6.56. The summed E-state index contributed by atoms with van der Waals surface area (Å²) in [4.78, 5) is 0.951. The van der Waals surface area contributed by atoms with Crippen molar-refractivity contribution < 1.29 is 0 Å². The van der Waals surface area contributed by atoms with Gasteiger partial charge in [0.25, 0.3) is 0 Å². The predicted octanol–water partition coefficient (Wildman–Crippen LogP) is 1.36. The molecule has 0 fully saturated rings. The van der Waals surface area contributed by atoms with Crippen molar-refractivity contribution in [3.05, 3.63) is 0 Å². The second-order valence-corrected chi connectivity index (χ2v) is 3.96. The molecule has 0 aromatic carbocycles. The molecule has 10 heavy (non-hydrogen) atoms. The second-order valence-electron chi connectivity index (χ2n) is 3.47. The highest BCUT2D eigenvalue weighted by Crippen LogP contribution is 2.18. The molecule has 0 aliphatic carbocycles. The van der Waals surface area contributed by atoms with Gasteiger partial charge in [-0.2, -0.15) is 5.10 Å². The van der Waals surface area contributed by atoms with Crippen molar-refractivity contribution in [3.63, 3.8) is 0 Å². The Kier molecular flexibility index (Phi) is 1.77. The van der Waals surface area contributed by atoms with E-state index in [1.165, 1.54) is 0 Å². The Bertz CT molecular complexity index is 188. The molecule has 1 aliphatic rings. The number of hydrazone groups is 1. The normalized spacial score (nSPS) is 18.7. The number of hydrogen-bond acceptors (Lipinski definition) is 3. The molecular weight excluding hydrogens is 144 g/mol. The van der Waals surface area contributed by atoms with Gasteiger partial charge in [-0.3, -0.25) is 0 Å². The molecule has 1 aliphatic heterocycles. The standard InChI is InChI=1S/C7H12N2S/c1-7(2,3)6-5(10)4-8-9-6/h8H,4H2,1-3H3. The minimum absolute atomic E-state index is 0.0978. The summed E-state index contributed by atoms with van der Waals surface area (Å²) >= 11 is 5.10. The molecule has 56 valence electrons. The van der Waals surface area contributed by atoms with Crippen LogP contribution in [0, 0.1) is 5.41 Å². The third kappa shape index (κ3) is 1.34. The molecule has 0 radical (unpaired) electrons. The molecule has 2 nitrogen and oxygen atoms in total. The molecule has 0 bridgehead atoms. The van der Waals surface area contributed by atoms with Crippen LogP contribution in [0.25, 0.3) is 0 Å². The molecule has 0 aromatic rings. The zero-order chi connectivity index (χ0) is 7.78. The van der Waals surface area contributed by atoms with Crippen LogP contribution < -0.4 is 5.43 Å². The van der Waals surface area contributed by atoms with Crippen LogP contribution in [0.4, 0.5) is 0 Å². The summed E-state index contributed by atoms with van der Waals surface area (Å²) in [6.07, 6.45) is 0. The van der Waals surface area contributed by atoms with E-state index in [4.69, 9.17) is 12.2 Å². The van der Waals surface area contributed by atoms with Gasteiger partial charge in [0.1, 0.15) is 0 Å². The molecule has 1 heterocycles. The monoisotopic (exact) mass is 156 g/mol. The van der Waals surface area contributed by atoms with E-state index in [1.807, 2.05) is 0 Å². The number of nitrogens with one attached hydrogen (secondary N) is 1. The van der Waals surface area contributed by atoms with E-state index in [2.05, 4.69) is 31.3 Å². The van der Waals surface area contributed by atoms with Crippen molar-refractivity contribution in [2.24, 2.45) is 10.5 Å². The predicted molar refractivity (Wildman–Crippen MR) is 47.5 cm³/mol. The smallest absolute Gasteiger partial charge is 0.0814 e. The van der Waals surface area contributed by atoms with Crippen molar-refractivity contribution in [2.75, 3.05) is 6.54 Å². The number of hydrogen-bond donors (Lipinski definition) is 1. The summed E-state index contributed by atoms with van der Waals surface area (Å²) in [5.41, 5.74) is 4.00. The maximum atomic E-state index is 5.10. The van der Waals surface area contributed by atoms with Crippen LogP contribution in [0.3, 0.4) is 0 Å². The van der Waals surface area contributed by atoms with Gasteiger partial charge >= 0.3 is 0 Å². The Morgan fingerprint density at radius 1 is 1.50 bits per heavy atom. The molecule has 3 heteroatoms. The Balaban J connectivity index is 2.82. The van der Waals surface area contributed by atoms with Crippen molar-refractivity contribution in [2.45, 2.75) is 20.8 Å². The number of thiocarbonyl (C=S) groups is 1. The fourth-order valence-electron chi connectivity index (χ4n) is 0.922. The van der Waals surface area contributed by atoms with Gasteiger partial charge in [-0.15, -0.1) is 0 Å². The zero-order valence-corrected chi connectivity index (χ0v) is 7.38. The first-order chi connectivity index (χ1) is 4.52. The molecule has 0 aromatic heterocycles. The summed E-state index contributed by atoms with van der Waals surface area (Å²) < 4.78 is 0. The molecule has 0 saturated carbocycles. The van der Waals surface area contributed by atoms with Crippen LogP contribution in [0.2, 0.25) is 0 Å². The quantitative estimate of drug-likeness (QED) is 0.536. The van der Waals surface area contributed by atoms with Gasteiger partial charge < -0.3 is 5.43 Å². The van der Waals surface area contributed by atoms with Gasteiger partial charge in [-0.25, -0.2) is 0 Å². The third-order valence-corrected chi connectivity index (χ3v) is 1.74. The average molecular weight is 156 g/mol. The molecule has 0 atom stereocenters. The lowest BCUT2D eigenvalue weighted by Crippen LogP contribution is -2.25. The Morgan fingerprint density at radius 2 is 2.10 bits per heavy atom. The van der Waals surface area contributed by atoms with Crippen molar-refractivity contribution >= 4 is 22.8 Å². The van der Waals surface area contributed by atoms with Crippen LogP contribution >= 0.6 is 12.2 Å². The van der Waals surface area contributed by atoms with Crippen molar-refractivity contribution in [1.82, 2.24) is 5.43 Å². The van der Waals surface area contributed by atoms with Gasteiger partial charge in [0.05, 0.1) is 17.1 Å². The summed E-state index contributed by atoms with van der Waals surface area (Å²) in [6, 6.07) is 0. The first-order valence-electron chi connectivity index (χ1n) is 3.36. The maximum Gasteiger partial charge on any atom is 0.0814 e. The van der Waals surface area contributed by atoms with E-state index in [9.17, 15) is 0 Å². The lowest BCUT2D eigenvalue weighted by Gasteiger charge is -2.16. The molecule has 0 spiro atoms. The Hall–Kier alpha value is -0.440. The maximum absolute atomic E-state index is 5.10. The van der Waals surface area contributed by atoms with E-state index in [0.717, 1.165) is 17.1 Å². The van der Waals surface area contributed by atoms with Crippen LogP contribution in [-0.2, 0) is 0 Å². The van der Waals surface area contributed by atoms with Crippen LogP contribution in [0.5, 0.6) is 0 Å². The summed E-state index contributed by atoms with van der Waals surface area (Å²) in [7, 11) is 0. The molecule has 0 amide bonds. The van der Waals surface area contributed by atoms with E-state index in [1.54, 1.807) is 0 Å². The summed E-state index contributed by atoms with van der Waals surface area (Å²) in [5, 5.41) is 4.11. The fraction of sp³-hybridized carbons (Fsp3) is 0.714. The Morgan fingerprint density at radius 3 is 2.30 bits per heavy atom. The van der Waals surface area contributed by atoms with Gasteiger partial charge in [0.15, 0.2) is 0 Å². The number of nitrogens with zero attached hydrogens (tertiary/aromatic N) is 1. The SMILES string of the molecule is CC(C)(C)C1=NNCC1=S. The molecular formula is C7H12N2S. The molecule has 0 unspecified atom stereocenters. The Labute approximate surface area is 66.7 Å².